The highest BCUT2D eigenvalue weighted by molar-refractivity contribution is 5.75. The van der Waals surface area contributed by atoms with Gasteiger partial charge in [-0.2, -0.15) is 0 Å². The summed E-state index contributed by atoms with van der Waals surface area (Å²) < 4.78 is 11.3. The number of rotatable bonds is 5. The van der Waals surface area contributed by atoms with E-state index in [1.807, 2.05) is 18.2 Å². The Labute approximate surface area is 149 Å². The average Bonchev–Trinajstić information content (AvgIpc) is 3.27. The van der Waals surface area contributed by atoms with Crippen molar-refractivity contribution in [2.24, 2.45) is 11.3 Å². The molecule has 136 valence electrons. The van der Waals surface area contributed by atoms with Crippen molar-refractivity contribution in [3.8, 4) is 5.75 Å². The second kappa shape index (κ2) is 5.90. The van der Waals surface area contributed by atoms with E-state index in [2.05, 4.69) is 30.5 Å². The van der Waals surface area contributed by atoms with Crippen molar-refractivity contribution in [2.45, 2.75) is 50.7 Å². The van der Waals surface area contributed by atoms with Crippen LogP contribution in [0.5, 0.6) is 5.75 Å². The van der Waals surface area contributed by atoms with Gasteiger partial charge in [0.25, 0.3) is 0 Å². The Hall–Kier alpha value is -1.75. The molecule has 5 nitrogen and oxygen atoms in total. The van der Waals surface area contributed by atoms with Gasteiger partial charge in [-0.25, -0.2) is 4.79 Å². The first-order valence-electron chi connectivity index (χ1n) is 9.27. The van der Waals surface area contributed by atoms with Crippen LogP contribution in [0.1, 0.15) is 38.7 Å². The van der Waals surface area contributed by atoms with Gasteiger partial charge < -0.3 is 20.1 Å². The molecule has 0 unspecified atom stereocenters. The predicted octanol–water partition coefficient (Wildman–Crippen LogP) is 2.84. The molecule has 2 aliphatic carbocycles. The van der Waals surface area contributed by atoms with Crippen molar-refractivity contribution in [1.29, 1.82) is 0 Å². The van der Waals surface area contributed by atoms with E-state index >= 15 is 0 Å². The molecule has 3 aliphatic rings. The smallest absolute Gasteiger partial charge is 0.315 e. The zero-order valence-electron chi connectivity index (χ0n) is 15.3. The lowest BCUT2D eigenvalue weighted by atomic mass is 9.57. The monoisotopic (exact) mass is 344 g/mol. The van der Waals surface area contributed by atoms with Crippen molar-refractivity contribution in [1.82, 2.24) is 10.6 Å². The number of hydrogen-bond acceptors (Lipinski definition) is 3. The van der Waals surface area contributed by atoms with Gasteiger partial charge in [0.05, 0.1) is 13.2 Å². The molecule has 25 heavy (non-hydrogen) atoms. The number of urea groups is 1. The number of benzene rings is 1. The van der Waals surface area contributed by atoms with Gasteiger partial charge in [-0.05, 0) is 25.3 Å². The van der Waals surface area contributed by atoms with E-state index in [0.29, 0.717) is 18.6 Å². The van der Waals surface area contributed by atoms with Crippen molar-refractivity contribution >= 4 is 6.03 Å². The Kier molecular flexibility index (Phi) is 3.95. The molecule has 1 aliphatic heterocycles. The molecule has 1 saturated heterocycles. The fourth-order valence-corrected chi connectivity index (χ4v) is 4.83. The third-order valence-electron chi connectivity index (χ3n) is 6.51. The summed E-state index contributed by atoms with van der Waals surface area (Å²) in [6.45, 7) is 5.83. The van der Waals surface area contributed by atoms with Crippen LogP contribution in [-0.2, 0) is 10.2 Å². The fraction of sp³-hybridized carbons (Fsp3) is 0.650. The molecule has 0 spiro atoms. The second-order valence-corrected chi connectivity index (χ2v) is 8.35. The highest BCUT2D eigenvalue weighted by Crippen LogP contribution is 2.52. The molecule has 2 N–H and O–H groups in total. The average molecular weight is 344 g/mol. The van der Waals surface area contributed by atoms with Crippen molar-refractivity contribution in [3.63, 3.8) is 0 Å². The minimum absolute atomic E-state index is 0.0123. The number of methoxy groups -OCH3 is 1. The number of hydrogen-bond donors (Lipinski definition) is 2. The third-order valence-corrected chi connectivity index (χ3v) is 6.51. The summed E-state index contributed by atoms with van der Waals surface area (Å²) in [7, 11) is 1.70. The Morgan fingerprint density at radius 2 is 2.08 bits per heavy atom. The summed E-state index contributed by atoms with van der Waals surface area (Å²) in [6, 6.07) is 8.26. The predicted molar refractivity (Wildman–Crippen MR) is 95.9 cm³/mol. The minimum atomic E-state index is -0.0652. The SMILES string of the molecule is COc1ccccc1C1(CNC(=O)N[C@@H]2[C@H]3CCO[C@H]3C2(C)C)CC1. The third kappa shape index (κ3) is 2.69. The Bertz CT molecular complexity index is 669. The van der Waals surface area contributed by atoms with Crippen LogP contribution in [0.25, 0.3) is 0 Å². The zero-order valence-corrected chi connectivity index (χ0v) is 15.3. The largest absolute Gasteiger partial charge is 0.496 e. The standard InChI is InChI=1S/C20H28N2O3/c1-19(2)16(13-8-11-25-17(13)19)22-18(23)21-12-20(9-10-20)14-6-4-5-7-15(14)24-3/h4-7,13,16-17H,8-12H2,1-3H3,(H2,21,22,23)/t13-,16-,17-/m1/s1. The normalized spacial score (nSPS) is 30.8. The molecule has 0 radical (unpaired) electrons. The summed E-state index contributed by atoms with van der Waals surface area (Å²) >= 11 is 0. The molecule has 3 atom stereocenters. The lowest BCUT2D eigenvalue weighted by molar-refractivity contribution is -0.108. The maximum atomic E-state index is 12.5. The Morgan fingerprint density at radius 1 is 1.32 bits per heavy atom. The van der Waals surface area contributed by atoms with Crippen molar-refractivity contribution < 1.29 is 14.3 Å². The first-order chi connectivity index (χ1) is 12.0. The number of para-hydroxylation sites is 1. The molecule has 2 amide bonds. The Morgan fingerprint density at radius 3 is 2.80 bits per heavy atom. The van der Waals surface area contributed by atoms with Crippen LogP contribution in [0.3, 0.4) is 0 Å². The van der Waals surface area contributed by atoms with Gasteiger partial charge in [0.2, 0.25) is 0 Å². The van der Waals surface area contributed by atoms with Crippen LogP contribution in [0.15, 0.2) is 24.3 Å². The number of carbonyl (C=O) groups excluding carboxylic acids is 1. The van der Waals surface area contributed by atoms with Gasteiger partial charge in [0.15, 0.2) is 0 Å². The van der Waals surface area contributed by atoms with Gasteiger partial charge in [0, 0.05) is 41.5 Å². The molecule has 2 saturated carbocycles. The number of ether oxygens (including phenoxy) is 2. The molecular formula is C20H28N2O3. The lowest BCUT2D eigenvalue weighted by Gasteiger charge is -2.54. The summed E-state index contributed by atoms with van der Waals surface area (Å²) in [5, 5.41) is 6.30. The summed E-state index contributed by atoms with van der Waals surface area (Å²) in [5.74, 6) is 1.37. The molecule has 0 bridgehead atoms. The van der Waals surface area contributed by atoms with Crippen LogP contribution >= 0.6 is 0 Å². The highest BCUT2D eigenvalue weighted by atomic mass is 16.5. The summed E-state index contributed by atoms with van der Waals surface area (Å²) in [6.07, 6.45) is 3.51. The van der Waals surface area contributed by atoms with E-state index in [-0.39, 0.29) is 22.9 Å². The second-order valence-electron chi connectivity index (χ2n) is 8.35. The number of nitrogens with one attached hydrogen (secondary N) is 2. The molecule has 1 aromatic rings. The van der Waals surface area contributed by atoms with E-state index < -0.39 is 0 Å². The van der Waals surface area contributed by atoms with Crippen LogP contribution in [0.4, 0.5) is 4.79 Å². The van der Waals surface area contributed by atoms with E-state index in [1.165, 1.54) is 5.56 Å². The van der Waals surface area contributed by atoms with Crippen LogP contribution in [-0.4, -0.2) is 38.4 Å². The molecule has 3 fully saturated rings. The quantitative estimate of drug-likeness (QED) is 0.863. The number of carbonyl (C=O) groups is 1. The van der Waals surface area contributed by atoms with E-state index in [1.54, 1.807) is 7.11 Å². The first kappa shape index (κ1) is 16.7. The maximum absolute atomic E-state index is 12.5. The van der Waals surface area contributed by atoms with Crippen LogP contribution in [0, 0.1) is 11.3 Å². The molecule has 0 aromatic heterocycles. The van der Waals surface area contributed by atoms with Gasteiger partial charge >= 0.3 is 6.03 Å². The fourth-order valence-electron chi connectivity index (χ4n) is 4.83. The van der Waals surface area contributed by atoms with E-state index in [4.69, 9.17) is 9.47 Å². The van der Waals surface area contributed by atoms with E-state index in [0.717, 1.165) is 31.6 Å². The Balaban J connectivity index is 1.36. The van der Waals surface area contributed by atoms with E-state index in [9.17, 15) is 4.79 Å². The van der Waals surface area contributed by atoms with Gasteiger partial charge in [0.1, 0.15) is 5.75 Å². The molecule has 1 aromatic carbocycles. The van der Waals surface area contributed by atoms with Gasteiger partial charge in [-0.1, -0.05) is 32.0 Å². The summed E-state index contributed by atoms with van der Waals surface area (Å²) in [4.78, 5) is 12.5. The summed E-state index contributed by atoms with van der Waals surface area (Å²) in [5.41, 5.74) is 1.24. The number of amides is 2. The van der Waals surface area contributed by atoms with Crippen molar-refractivity contribution in [3.05, 3.63) is 29.8 Å². The van der Waals surface area contributed by atoms with Crippen LogP contribution in [0.2, 0.25) is 0 Å². The topological polar surface area (TPSA) is 59.6 Å². The highest BCUT2D eigenvalue weighted by Gasteiger charge is 2.59. The molecule has 4 rings (SSSR count). The zero-order chi connectivity index (χ0) is 17.7. The molecular weight excluding hydrogens is 316 g/mol. The maximum Gasteiger partial charge on any atom is 0.315 e. The van der Waals surface area contributed by atoms with Crippen LogP contribution < -0.4 is 15.4 Å². The molecule has 1 heterocycles. The van der Waals surface area contributed by atoms with Crippen molar-refractivity contribution in [2.75, 3.05) is 20.3 Å². The van der Waals surface area contributed by atoms with Gasteiger partial charge in [-0.15, -0.1) is 0 Å². The number of fused-ring (bicyclic) bond motifs is 1. The lowest BCUT2D eigenvalue weighted by Crippen LogP contribution is -2.67. The first-order valence-corrected chi connectivity index (χ1v) is 9.27. The molecule has 5 heteroatoms. The van der Waals surface area contributed by atoms with Gasteiger partial charge in [-0.3, -0.25) is 0 Å². The minimum Gasteiger partial charge on any atom is -0.496 e.